The summed E-state index contributed by atoms with van der Waals surface area (Å²) in [6, 6.07) is 0. The molecule has 1 saturated heterocycles. The quantitative estimate of drug-likeness (QED) is 0.790. The molecule has 5 heteroatoms. The molecule has 1 spiro atoms. The average Bonchev–Trinajstić information content (AvgIpc) is 2.31. The van der Waals surface area contributed by atoms with Crippen molar-refractivity contribution in [1.82, 2.24) is 4.90 Å². The molecule has 1 fully saturated rings. The molecule has 19 heavy (non-hydrogen) atoms. The van der Waals surface area contributed by atoms with Crippen molar-refractivity contribution in [2.45, 2.75) is 45.8 Å². The van der Waals surface area contributed by atoms with Crippen molar-refractivity contribution >= 4 is 0 Å². The Kier molecular flexibility index (Phi) is 4.46. The van der Waals surface area contributed by atoms with Crippen molar-refractivity contribution in [3.05, 3.63) is 11.3 Å². The van der Waals surface area contributed by atoms with Crippen LogP contribution in [0, 0.1) is 5.92 Å². The predicted octanol–water partition coefficient (Wildman–Crippen LogP) is 3.02. The molecule has 2 aliphatic heterocycles. The van der Waals surface area contributed by atoms with Gasteiger partial charge in [0.1, 0.15) is 0 Å². The zero-order valence-corrected chi connectivity index (χ0v) is 11.9. The molecule has 0 radical (unpaired) electrons. The Morgan fingerprint density at radius 2 is 1.89 bits per heavy atom. The number of likely N-dealkylation sites (tertiary alicyclic amines) is 1. The molecule has 0 atom stereocenters. The number of hydrogen-bond acceptors (Lipinski definition) is 3. The number of halogens is 2. The summed E-state index contributed by atoms with van der Waals surface area (Å²) in [5.74, 6) is 0.779. The van der Waals surface area contributed by atoms with Crippen molar-refractivity contribution in [3.63, 3.8) is 0 Å². The van der Waals surface area contributed by atoms with Gasteiger partial charge in [0, 0.05) is 25.9 Å². The Morgan fingerprint density at radius 1 is 1.26 bits per heavy atom. The SMILES string of the molecule is CC1=C(C(C)C)COC2(CCN(CC(F)F)CC2)O1. The number of allylic oxidation sites excluding steroid dienone is 1. The van der Waals surface area contributed by atoms with Gasteiger partial charge in [-0.05, 0) is 18.4 Å². The van der Waals surface area contributed by atoms with Gasteiger partial charge in [-0.25, -0.2) is 8.78 Å². The topological polar surface area (TPSA) is 21.7 Å². The molecule has 0 aliphatic carbocycles. The molecule has 0 bridgehead atoms. The molecule has 2 rings (SSSR count). The summed E-state index contributed by atoms with van der Waals surface area (Å²) in [6.07, 6.45) is -0.957. The molecule has 0 amide bonds. The first-order valence-electron chi connectivity index (χ1n) is 6.95. The average molecular weight is 275 g/mol. The molecule has 2 aliphatic rings. The number of hydrogen-bond donors (Lipinski definition) is 0. The van der Waals surface area contributed by atoms with E-state index in [2.05, 4.69) is 13.8 Å². The summed E-state index contributed by atoms with van der Waals surface area (Å²) in [4.78, 5) is 1.78. The summed E-state index contributed by atoms with van der Waals surface area (Å²) in [6.45, 7) is 7.87. The Labute approximate surface area is 113 Å². The van der Waals surface area contributed by atoms with Crippen LogP contribution >= 0.6 is 0 Å². The van der Waals surface area contributed by atoms with Crippen LogP contribution in [0.25, 0.3) is 0 Å². The van der Waals surface area contributed by atoms with E-state index in [4.69, 9.17) is 9.47 Å². The van der Waals surface area contributed by atoms with Gasteiger partial charge in [-0.1, -0.05) is 13.8 Å². The molecular formula is C14H23F2NO2. The zero-order valence-electron chi connectivity index (χ0n) is 11.9. The lowest BCUT2D eigenvalue weighted by Gasteiger charge is -2.44. The van der Waals surface area contributed by atoms with Gasteiger partial charge in [0.2, 0.25) is 5.79 Å². The lowest BCUT2D eigenvalue weighted by molar-refractivity contribution is -0.248. The van der Waals surface area contributed by atoms with E-state index in [1.807, 2.05) is 6.92 Å². The summed E-state index contributed by atoms with van der Waals surface area (Å²) in [5.41, 5.74) is 1.20. The maximum Gasteiger partial charge on any atom is 0.251 e. The zero-order chi connectivity index (χ0) is 14.0. The van der Waals surface area contributed by atoms with Gasteiger partial charge >= 0.3 is 0 Å². The van der Waals surface area contributed by atoms with Crippen molar-refractivity contribution in [2.75, 3.05) is 26.2 Å². The molecule has 110 valence electrons. The molecule has 0 N–H and O–H groups in total. The van der Waals surface area contributed by atoms with Crippen LogP contribution in [0.15, 0.2) is 11.3 Å². The molecule has 0 aromatic heterocycles. The number of ether oxygens (including phenoxy) is 2. The van der Waals surface area contributed by atoms with Crippen LogP contribution in [0.1, 0.15) is 33.6 Å². The molecule has 0 aromatic carbocycles. The highest BCUT2D eigenvalue weighted by molar-refractivity contribution is 5.13. The minimum Gasteiger partial charge on any atom is -0.467 e. The Hall–Kier alpha value is -0.680. The fraction of sp³-hybridized carbons (Fsp3) is 0.857. The third kappa shape index (κ3) is 3.45. The van der Waals surface area contributed by atoms with Crippen molar-refractivity contribution in [3.8, 4) is 0 Å². The summed E-state index contributed by atoms with van der Waals surface area (Å²) in [7, 11) is 0. The number of nitrogens with zero attached hydrogens (tertiary/aromatic N) is 1. The normalized spacial score (nSPS) is 24.4. The van der Waals surface area contributed by atoms with E-state index in [9.17, 15) is 8.78 Å². The fourth-order valence-electron chi connectivity index (χ4n) is 2.78. The summed E-state index contributed by atoms with van der Waals surface area (Å²) < 4.78 is 36.6. The maximum atomic E-state index is 12.3. The Balaban J connectivity index is 1.94. The molecule has 0 unspecified atom stereocenters. The fourth-order valence-corrected chi connectivity index (χ4v) is 2.78. The second kappa shape index (κ2) is 5.75. The summed E-state index contributed by atoms with van der Waals surface area (Å²) in [5, 5.41) is 0. The first kappa shape index (κ1) is 14.7. The van der Waals surface area contributed by atoms with Gasteiger partial charge < -0.3 is 9.47 Å². The van der Waals surface area contributed by atoms with Gasteiger partial charge in [-0.15, -0.1) is 0 Å². The largest absolute Gasteiger partial charge is 0.467 e. The molecule has 0 saturated carbocycles. The standard InChI is InChI=1S/C14H23F2NO2/c1-10(2)12-9-18-14(19-11(12)3)4-6-17(7-5-14)8-13(15)16/h10,13H,4-9H2,1-3H3. The summed E-state index contributed by atoms with van der Waals surface area (Å²) >= 11 is 0. The predicted molar refractivity (Wildman–Crippen MR) is 69.0 cm³/mol. The van der Waals surface area contributed by atoms with E-state index < -0.39 is 12.2 Å². The van der Waals surface area contributed by atoms with Crippen LogP contribution < -0.4 is 0 Å². The third-order valence-electron chi connectivity index (χ3n) is 3.99. The van der Waals surface area contributed by atoms with E-state index in [1.54, 1.807) is 4.90 Å². The van der Waals surface area contributed by atoms with Crippen LogP contribution in [0.2, 0.25) is 0 Å². The number of alkyl halides is 2. The highest BCUT2D eigenvalue weighted by Crippen LogP contribution is 2.36. The number of rotatable bonds is 3. The van der Waals surface area contributed by atoms with Crippen LogP contribution in [0.5, 0.6) is 0 Å². The van der Waals surface area contributed by atoms with Crippen LogP contribution in [-0.2, 0) is 9.47 Å². The van der Waals surface area contributed by atoms with E-state index in [0.717, 1.165) is 5.76 Å². The first-order valence-corrected chi connectivity index (χ1v) is 6.95. The third-order valence-corrected chi connectivity index (χ3v) is 3.99. The van der Waals surface area contributed by atoms with Crippen LogP contribution in [0.4, 0.5) is 8.78 Å². The smallest absolute Gasteiger partial charge is 0.251 e. The second-order valence-corrected chi connectivity index (χ2v) is 5.73. The van der Waals surface area contributed by atoms with Gasteiger partial charge in [-0.3, -0.25) is 4.90 Å². The molecule has 0 aromatic rings. The van der Waals surface area contributed by atoms with Gasteiger partial charge in [0.25, 0.3) is 6.43 Å². The van der Waals surface area contributed by atoms with Gasteiger partial charge in [-0.2, -0.15) is 0 Å². The van der Waals surface area contributed by atoms with Gasteiger partial charge in [0.15, 0.2) is 0 Å². The van der Waals surface area contributed by atoms with Gasteiger partial charge in [0.05, 0.1) is 18.9 Å². The maximum absolute atomic E-state index is 12.3. The Morgan fingerprint density at radius 3 is 2.37 bits per heavy atom. The van der Waals surface area contributed by atoms with E-state index >= 15 is 0 Å². The number of piperidine rings is 1. The van der Waals surface area contributed by atoms with E-state index in [0.29, 0.717) is 38.5 Å². The van der Waals surface area contributed by atoms with Crippen molar-refractivity contribution < 1.29 is 18.3 Å². The van der Waals surface area contributed by atoms with Crippen molar-refractivity contribution in [2.24, 2.45) is 5.92 Å². The molecule has 2 heterocycles. The molecular weight excluding hydrogens is 252 g/mol. The van der Waals surface area contributed by atoms with Crippen LogP contribution in [-0.4, -0.2) is 43.4 Å². The van der Waals surface area contributed by atoms with Crippen molar-refractivity contribution in [1.29, 1.82) is 0 Å². The highest BCUT2D eigenvalue weighted by Gasteiger charge is 2.41. The molecule has 3 nitrogen and oxygen atoms in total. The minimum atomic E-state index is -2.27. The van der Waals surface area contributed by atoms with E-state index in [1.165, 1.54) is 5.57 Å². The van der Waals surface area contributed by atoms with E-state index in [-0.39, 0.29) is 6.54 Å². The van der Waals surface area contributed by atoms with Crippen LogP contribution in [0.3, 0.4) is 0 Å². The minimum absolute atomic E-state index is 0.151. The Bertz CT molecular complexity index is 347. The monoisotopic (exact) mass is 275 g/mol. The highest BCUT2D eigenvalue weighted by atomic mass is 19.3. The first-order chi connectivity index (χ1) is 8.92. The lowest BCUT2D eigenvalue weighted by Crippen LogP contribution is -2.50. The lowest BCUT2D eigenvalue weighted by atomic mass is 9.98. The second-order valence-electron chi connectivity index (χ2n) is 5.73.